The third-order valence-electron chi connectivity index (χ3n) is 5.53. The number of amides is 1. The predicted molar refractivity (Wildman–Crippen MR) is 120 cm³/mol. The van der Waals surface area contributed by atoms with Crippen LogP contribution in [0.2, 0.25) is 0 Å². The summed E-state index contributed by atoms with van der Waals surface area (Å²) in [6.07, 6.45) is -4.56. The molecule has 8 heteroatoms. The average molecular weight is 470 g/mol. The minimum Gasteiger partial charge on any atom is -0.390 e. The highest BCUT2D eigenvalue weighted by molar-refractivity contribution is 6.01. The molecule has 1 aliphatic heterocycles. The number of rotatable bonds is 6. The van der Waals surface area contributed by atoms with Crippen molar-refractivity contribution in [1.29, 1.82) is 0 Å². The van der Waals surface area contributed by atoms with Crippen LogP contribution in [-0.2, 0) is 17.6 Å². The molecular formula is C26H22F4N2O2. The second-order valence-corrected chi connectivity index (χ2v) is 8.23. The average Bonchev–Trinajstić information content (AvgIpc) is 3.27. The van der Waals surface area contributed by atoms with E-state index in [1.165, 1.54) is 35.2 Å². The van der Waals surface area contributed by atoms with E-state index in [0.717, 1.165) is 35.0 Å². The Labute approximate surface area is 194 Å². The first-order valence-corrected chi connectivity index (χ1v) is 10.7. The van der Waals surface area contributed by atoms with Gasteiger partial charge in [-0.05, 0) is 48.4 Å². The van der Waals surface area contributed by atoms with Gasteiger partial charge in [0.15, 0.2) is 6.10 Å². The van der Waals surface area contributed by atoms with Crippen molar-refractivity contribution in [3.8, 4) is 0 Å². The van der Waals surface area contributed by atoms with Crippen molar-refractivity contribution >= 4 is 11.6 Å². The van der Waals surface area contributed by atoms with E-state index in [4.69, 9.17) is 4.84 Å². The number of aryl methyl sites for hydroxylation is 1. The first-order valence-electron chi connectivity index (χ1n) is 10.7. The summed E-state index contributed by atoms with van der Waals surface area (Å²) < 4.78 is 53.3. The summed E-state index contributed by atoms with van der Waals surface area (Å²) in [4.78, 5) is 20.1. The molecule has 176 valence electrons. The van der Waals surface area contributed by atoms with Gasteiger partial charge in [0.25, 0.3) is 5.91 Å². The number of halogens is 4. The van der Waals surface area contributed by atoms with Crippen LogP contribution in [-0.4, -0.2) is 29.2 Å². The van der Waals surface area contributed by atoms with E-state index in [1.807, 2.05) is 31.2 Å². The van der Waals surface area contributed by atoms with Crippen LogP contribution < -0.4 is 0 Å². The maximum atomic E-state index is 13.7. The van der Waals surface area contributed by atoms with Crippen molar-refractivity contribution in [2.75, 3.05) is 6.54 Å². The topological polar surface area (TPSA) is 41.9 Å². The van der Waals surface area contributed by atoms with E-state index in [9.17, 15) is 22.4 Å². The zero-order valence-corrected chi connectivity index (χ0v) is 18.3. The molecular weight excluding hydrogens is 448 g/mol. The fourth-order valence-corrected chi connectivity index (χ4v) is 3.78. The normalized spacial score (nSPS) is 15.6. The molecule has 0 unspecified atom stereocenters. The zero-order chi connectivity index (χ0) is 24.3. The summed E-state index contributed by atoms with van der Waals surface area (Å²) in [5.41, 5.74) is 2.33. The Morgan fingerprint density at radius 3 is 2.50 bits per heavy atom. The van der Waals surface area contributed by atoms with Crippen LogP contribution in [0.4, 0.5) is 17.6 Å². The van der Waals surface area contributed by atoms with E-state index in [2.05, 4.69) is 5.16 Å². The Bertz CT molecular complexity index is 1210. The van der Waals surface area contributed by atoms with Gasteiger partial charge in [0.05, 0.1) is 17.8 Å². The summed E-state index contributed by atoms with van der Waals surface area (Å²) in [6, 6.07) is 17.8. The second-order valence-electron chi connectivity index (χ2n) is 8.23. The number of hydrogen-bond donors (Lipinski definition) is 0. The van der Waals surface area contributed by atoms with Gasteiger partial charge in [-0.15, -0.1) is 0 Å². The van der Waals surface area contributed by atoms with Gasteiger partial charge < -0.3 is 9.74 Å². The van der Waals surface area contributed by atoms with E-state index in [1.54, 1.807) is 0 Å². The Morgan fingerprint density at radius 1 is 1.06 bits per heavy atom. The van der Waals surface area contributed by atoms with Crippen molar-refractivity contribution in [3.05, 3.63) is 106 Å². The van der Waals surface area contributed by atoms with E-state index in [-0.39, 0.29) is 18.7 Å². The SMILES string of the molecule is Cc1ccc(C2=NO[C@@H](CN(Cc3cccc(C(F)(F)F)c3)C(=O)c3cccc(F)c3)C2)cc1. The highest BCUT2D eigenvalue weighted by Crippen LogP contribution is 2.30. The maximum absolute atomic E-state index is 13.7. The smallest absolute Gasteiger partial charge is 0.390 e. The summed E-state index contributed by atoms with van der Waals surface area (Å²) >= 11 is 0. The van der Waals surface area contributed by atoms with Crippen LogP contribution in [0.1, 0.15) is 39.0 Å². The third-order valence-corrected chi connectivity index (χ3v) is 5.53. The number of carbonyl (C=O) groups is 1. The van der Waals surface area contributed by atoms with Gasteiger partial charge in [-0.1, -0.05) is 53.2 Å². The molecule has 0 aliphatic carbocycles. The molecule has 0 bridgehead atoms. The molecule has 0 spiro atoms. The van der Waals surface area contributed by atoms with Crippen LogP contribution >= 0.6 is 0 Å². The summed E-state index contributed by atoms with van der Waals surface area (Å²) in [5, 5.41) is 4.14. The Morgan fingerprint density at radius 2 is 1.79 bits per heavy atom. The molecule has 3 aromatic rings. The predicted octanol–water partition coefficient (Wildman–Crippen LogP) is 5.99. The number of carbonyl (C=O) groups excluding carboxylic acids is 1. The van der Waals surface area contributed by atoms with Crippen molar-refractivity contribution in [2.24, 2.45) is 5.16 Å². The number of hydrogen-bond acceptors (Lipinski definition) is 3. The number of benzene rings is 3. The number of nitrogens with zero attached hydrogens (tertiary/aromatic N) is 2. The molecule has 1 heterocycles. The van der Waals surface area contributed by atoms with Gasteiger partial charge in [-0.2, -0.15) is 13.2 Å². The summed E-state index contributed by atoms with van der Waals surface area (Å²) in [5.74, 6) is -1.09. The highest BCUT2D eigenvalue weighted by Gasteiger charge is 2.31. The molecule has 1 atom stereocenters. The van der Waals surface area contributed by atoms with Crippen molar-refractivity contribution < 1.29 is 27.2 Å². The molecule has 4 nitrogen and oxygen atoms in total. The molecule has 3 aromatic carbocycles. The van der Waals surface area contributed by atoms with Gasteiger partial charge >= 0.3 is 6.18 Å². The monoisotopic (exact) mass is 470 g/mol. The fourth-order valence-electron chi connectivity index (χ4n) is 3.78. The fraction of sp³-hybridized carbons (Fsp3) is 0.231. The summed E-state index contributed by atoms with van der Waals surface area (Å²) in [7, 11) is 0. The lowest BCUT2D eigenvalue weighted by atomic mass is 10.0. The van der Waals surface area contributed by atoms with Gasteiger partial charge in [-0.25, -0.2) is 4.39 Å². The lowest BCUT2D eigenvalue weighted by Crippen LogP contribution is -2.37. The molecule has 0 N–H and O–H groups in total. The van der Waals surface area contributed by atoms with Crippen LogP contribution in [0.15, 0.2) is 78.0 Å². The Hall–Kier alpha value is -3.68. The second kappa shape index (κ2) is 9.67. The largest absolute Gasteiger partial charge is 0.416 e. The molecule has 34 heavy (non-hydrogen) atoms. The first kappa shape index (κ1) is 23.5. The van der Waals surface area contributed by atoms with Gasteiger partial charge in [0.2, 0.25) is 0 Å². The first-order chi connectivity index (χ1) is 16.2. The Balaban J connectivity index is 1.55. The molecule has 4 rings (SSSR count). The molecule has 0 fully saturated rings. The highest BCUT2D eigenvalue weighted by atomic mass is 19.4. The minimum absolute atomic E-state index is 0.0739. The molecule has 0 saturated heterocycles. The van der Waals surface area contributed by atoms with E-state index in [0.29, 0.717) is 12.0 Å². The molecule has 1 aliphatic rings. The van der Waals surface area contributed by atoms with E-state index < -0.39 is 29.6 Å². The number of oxime groups is 1. The summed E-state index contributed by atoms with van der Waals surface area (Å²) in [6.45, 7) is 1.95. The minimum atomic E-state index is -4.50. The number of alkyl halides is 3. The van der Waals surface area contributed by atoms with Crippen molar-refractivity contribution in [2.45, 2.75) is 32.2 Å². The molecule has 1 amide bonds. The lowest BCUT2D eigenvalue weighted by Gasteiger charge is -2.25. The molecule has 0 saturated carbocycles. The van der Waals surface area contributed by atoms with Crippen LogP contribution in [0.5, 0.6) is 0 Å². The lowest BCUT2D eigenvalue weighted by molar-refractivity contribution is -0.137. The van der Waals surface area contributed by atoms with Gasteiger partial charge in [-0.3, -0.25) is 4.79 Å². The molecule has 0 aromatic heterocycles. The Kier molecular flexibility index (Phi) is 6.68. The quantitative estimate of drug-likeness (QED) is 0.416. The van der Waals surface area contributed by atoms with Crippen LogP contribution in [0, 0.1) is 12.7 Å². The van der Waals surface area contributed by atoms with Crippen molar-refractivity contribution in [3.63, 3.8) is 0 Å². The van der Waals surface area contributed by atoms with Gasteiger partial charge in [0.1, 0.15) is 5.82 Å². The van der Waals surface area contributed by atoms with Crippen molar-refractivity contribution in [1.82, 2.24) is 4.90 Å². The van der Waals surface area contributed by atoms with Crippen LogP contribution in [0.25, 0.3) is 0 Å². The zero-order valence-electron chi connectivity index (χ0n) is 18.3. The maximum Gasteiger partial charge on any atom is 0.416 e. The molecule has 0 radical (unpaired) electrons. The standard InChI is InChI=1S/C26H22F4N2O2/c1-17-8-10-19(11-9-17)24-14-23(34-31-24)16-32(25(33)20-5-3-7-22(27)13-20)15-18-4-2-6-21(12-18)26(28,29)30/h2-13,23H,14-16H2,1H3/t23-/m1/s1. The third kappa shape index (κ3) is 5.62. The van der Waals surface area contributed by atoms with E-state index >= 15 is 0 Å². The van der Waals surface area contributed by atoms with Gasteiger partial charge in [0, 0.05) is 18.5 Å². The van der Waals surface area contributed by atoms with Crippen LogP contribution in [0.3, 0.4) is 0 Å².